The number of hydrogen-bond donors (Lipinski definition) is 2. The number of aliphatic hydroxyl groups excluding tert-OH is 1. The number of aliphatic hydroxyl groups is 1. The number of carbonyl (C=O) groups excluding carboxylic acids is 1. The van der Waals surface area contributed by atoms with E-state index in [1.165, 1.54) is 32.1 Å². The van der Waals surface area contributed by atoms with Crippen LogP contribution in [0, 0.1) is 5.41 Å². The van der Waals surface area contributed by atoms with Crippen molar-refractivity contribution in [2.24, 2.45) is 5.41 Å². The summed E-state index contributed by atoms with van der Waals surface area (Å²) in [5.74, 6) is 0. The van der Waals surface area contributed by atoms with E-state index in [4.69, 9.17) is 0 Å². The molecule has 1 fully saturated rings. The number of carbonyl (C=O) groups is 1. The Kier molecular flexibility index (Phi) is 5.25. The number of hydrogen-bond acceptors (Lipinski definition) is 2. The number of urea groups is 1. The highest BCUT2D eigenvalue weighted by Gasteiger charge is 2.36. The van der Waals surface area contributed by atoms with Crippen LogP contribution in [0.1, 0.15) is 46.0 Å². The van der Waals surface area contributed by atoms with Crippen molar-refractivity contribution in [3.8, 4) is 0 Å². The van der Waals surface area contributed by atoms with Crippen LogP contribution < -0.4 is 5.32 Å². The summed E-state index contributed by atoms with van der Waals surface area (Å²) in [5.41, 5.74) is 0.357. The third-order valence-electron chi connectivity index (χ3n) is 3.69. The second kappa shape index (κ2) is 6.24. The Morgan fingerprint density at radius 1 is 1.53 bits per heavy atom. The Bertz CT molecular complexity index is 250. The maximum atomic E-state index is 11.8. The smallest absolute Gasteiger partial charge is 0.317 e. The quantitative estimate of drug-likeness (QED) is 0.748. The molecule has 1 atom stereocenters. The fourth-order valence-corrected chi connectivity index (χ4v) is 2.60. The van der Waals surface area contributed by atoms with Crippen LogP contribution in [0.25, 0.3) is 0 Å². The molecule has 2 amide bonds. The van der Waals surface area contributed by atoms with Crippen LogP contribution >= 0.6 is 0 Å². The predicted molar refractivity (Wildman–Crippen MR) is 68.9 cm³/mol. The van der Waals surface area contributed by atoms with Gasteiger partial charge in [-0.3, -0.25) is 0 Å². The zero-order valence-corrected chi connectivity index (χ0v) is 11.3. The van der Waals surface area contributed by atoms with Gasteiger partial charge < -0.3 is 15.3 Å². The molecule has 1 aliphatic carbocycles. The van der Waals surface area contributed by atoms with Gasteiger partial charge >= 0.3 is 6.03 Å². The minimum atomic E-state index is -0.473. The lowest BCUT2D eigenvalue weighted by atomic mass is 9.66. The van der Waals surface area contributed by atoms with Gasteiger partial charge in [0.1, 0.15) is 0 Å². The van der Waals surface area contributed by atoms with E-state index in [0.717, 1.165) is 6.54 Å². The second-order valence-electron chi connectivity index (χ2n) is 5.49. The summed E-state index contributed by atoms with van der Waals surface area (Å²) in [4.78, 5) is 13.3. The van der Waals surface area contributed by atoms with E-state index in [2.05, 4.69) is 12.2 Å². The first kappa shape index (κ1) is 14.3. The van der Waals surface area contributed by atoms with Gasteiger partial charge in [0.15, 0.2) is 0 Å². The van der Waals surface area contributed by atoms with Crippen molar-refractivity contribution in [2.45, 2.75) is 52.1 Å². The molecule has 4 heteroatoms. The third-order valence-corrected chi connectivity index (χ3v) is 3.69. The predicted octanol–water partition coefficient (Wildman–Crippen LogP) is 1.98. The summed E-state index contributed by atoms with van der Waals surface area (Å²) in [6.07, 6.45) is 5.67. The van der Waals surface area contributed by atoms with Gasteiger partial charge in [-0.05, 0) is 31.6 Å². The Morgan fingerprint density at radius 2 is 2.18 bits per heavy atom. The van der Waals surface area contributed by atoms with Crippen LogP contribution in [-0.2, 0) is 0 Å². The van der Waals surface area contributed by atoms with Crippen molar-refractivity contribution in [2.75, 3.05) is 20.1 Å². The lowest BCUT2D eigenvalue weighted by Crippen LogP contribution is -2.47. The zero-order valence-electron chi connectivity index (χ0n) is 11.3. The SMILES string of the molecule is CCCC1(CNC(=O)N(C)CC(C)O)CCC1. The number of likely N-dealkylation sites (N-methyl/N-ethyl adjacent to an activating group) is 1. The normalized spacial score (nSPS) is 19.3. The standard InChI is InChI=1S/C13H26N2O2/c1-4-6-13(7-5-8-13)10-14-12(17)15(3)9-11(2)16/h11,16H,4-10H2,1-3H3,(H,14,17). The van der Waals surface area contributed by atoms with Crippen LogP contribution in [0.2, 0.25) is 0 Å². The van der Waals surface area contributed by atoms with Gasteiger partial charge in [-0.15, -0.1) is 0 Å². The third kappa shape index (κ3) is 4.19. The molecule has 0 bridgehead atoms. The topological polar surface area (TPSA) is 52.6 Å². The van der Waals surface area contributed by atoms with E-state index in [0.29, 0.717) is 12.0 Å². The average Bonchev–Trinajstić information content (AvgIpc) is 2.20. The van der Waals surface area contributed by atoms with Crippen LogP contribution in [0.15, 0.2) is 0 Å². The molecule has 1 aliphatic rings. The van der Waals surface area contributed by atoms with Crippen molar-refractivity contribution in [3.63, 3.8) is 0 Å². The molecule has 0 saturated heterocycles. The highest BCUT2D eigenvalue weighted by Crippen LogP contribution is 2.44. The summed E-state index contributed by atoms with van der Waals surface area (Å²) in [6, 6.07) is -0.0757. The van der Waals surface area contributed by atoms with E-state index < -0.39 is 6.10 Å². The molecule has 1 saturated carbocycles. The molecule has 0 aromatic carbocycles. The highest BCUT2D eigenvalue weighted by atomic mass is 16.3. The van der Waals surface area contributed by atoms with E-state index >= 15 is 0 Å². The maximum Gasteiger partial charge on any atom is 0.317 e. The summed E-state index contributed by atoms with van der Waals surface area (Å²) >= 11 is 0. The van der Waals surface area contributed by atoms with Gasteiger partial charge in [-0.1, -0.05) is 19.8 Å². The van der Waals surface area contributed by atoms with E-state index in [9.17, 15) is 9.90 Å². The van der Waals surface area contributed by atoms with Crippen LogP contribution in [0.3, 0.4) is 0 Å². The summed E-state index contributed by atoms with van der Waals surface area (Å²) < 4.78 is 0. The molecule has 100 valence electrons. The lowest BCUT2D eigenvalue weighted by Gasteiger charge is -2.42. The molecule has 0 aromatic rings. The molecule has 17 heavy (non-hydrogen) atoms. The number of amides is 2. The molecule has 1 rings (SSSR count). The molecular formula is C13H26N2O2. The Labute approximate surface area is 104 Å². The van der Waals surface area contributed by atoms with Gasteiger partial charge in [-0.2, -0.15) is 0 Å². The van der Waals surface area contributed by atoms with Crippen LogP contribution in [-0.4, -0.2) is 42.3 Å². The largest absolute Gasteiger partial charge is 0.392 e. The van der Waals surface area contributed by atoms with Crippen molar-refractivity contribution < 1.29 is 9.90 Å². The minimum Gasteiger partial charge on any atom is -0.392 e. The summed E-state index contributed by atoms with van der Waals surface area (Å²) in [5, 5.41) is 12.2. The van der Waals surface area contributed by atoms with Crippen molar-refractivity contribution in [1.29, 1.82) is 0 Å². The van der Waals surface area contributed by atoms with Crippen molar-refractivity contribution >= 4 is 6.03 Å². The van der Waals surface area contributed by atoms with Gasteiger partial charge in [0.05, 0.1) is 6.10 Å². The molecule has 0 heterocycles. The van der Waals surface area contributed by atoms with Gasteiger partial charge in [-0.25, -0.2) is 4.79 Å². The summed E-state index contributed by atoms with van der Waals surface area (Å²) in [6.45, 7) is 5.05. The van der Waals surface area contributed by atoms with Crippen molar-refractivity contribution in [3.05, 3.63) is 0 Å². The fourth-order valence-electron chi connectivity index (χ4n) is 2.60. The van der Waals surface area contributed by atoms with Gasteiger partial charge in [0, 0.05) is 20.1 Å². The molecule has 1 unspecified atom stereocenters. The monoisotopic (exact) mass is 242 g/mol. The molecule has 2 N–H and O–H groups in total. The second-order valence-corrected chi connectivity index (χ2v) is 5.49. The lowest BCUT2D eigenvalue weighted by molar-refractivity contribution is 0.109. The molecule has 0 aliphatic heterocycles. The minimum absolute atomic E-state index is 0.0757. The Morgan fingerprint density at radius 3 is 2.59 bits per heavy atom. The molecule has 0 radical (unpaired) electrons. The fraction of sp³-hybridized carbons (Fsp3) is 0.923. The molecule has 0 spiro atoms. The highest BCUT2D eigenvalue weighted by molar-refractivity contribution is 5.73. The van der Waals surface area contributed by atoms with Crippen LogP contribution in [0.4, 0.5) is 4.79 Å². The number of nitrogens with one attached hydrogen (secondary N) is 1. The maximum absolute atomic E-state index is 11.8. The molecular weight excluding hydrogens is 216 g/mol. The van der Waals surface area contributed by atoms with Gasteiger partial charge in [0.25, 0.3) is 0 Å². The summed E-state index contributed by atoms with van der Waals surface area (Å²) in [7, 11) is 1.72. The molecule has 0 aromatic heterocycles. The van der Waals surface area contributed by atoms with E-state index in [1.54, 1.807) is 18.9 Å². The number of nitrogens with zero attached hydrogens (tertiary/aromatic N) is 1. The van der Waals surface area contributed by atoms with E-state index in [1.807, 2.05) is 0 Å². The zero-order chi connectivity index (χ0) is 12.9. The average molecular weight is 242 g/mol. The van der Waals surface area contributed by atoms with Gasteiger partial charge in [0.2, 0.25) is 0 Å². The van der Waals surface area contributed by atoms with Crippen LogP contribution in [0.5, 0.6) is 0 Å². The first-order valence-electron chi connectivity index (χ1n) is 6.66. The number of rotatable bonds is 6. The van der Waals surface area contributed by atoms with Crippen molar-refractivity contribution in [1.82, 2.24) is 10.2 Å². The molecule has 4 nitrogen and oxygen atoms in total. The Balaban J connectivity index is 2.31. The first-order chi connectivity index (χ1) is 7.99. The van der Waals surface area contributed by atoms with E-state index in [-0.39, 0.29) is 6.03 Å². The first-order valence-corrected chi connectivity index (χ1v) is 6.66. The Hall–Kier alpha value is -0.770.